The Bertz CT molecular complexity index is 275. The van der Waals surface area contributed by atoms with E-state index in [2.05, 4.69) is 4.99 Å². The first-order chi connectivity index (χ1) is 5.72. The van der Waals surface area contributed by atoms with Gasteiger partial charge in [0.05, 0.1) is 5.69 Å². The van der Waals surface area contributed by atoms with Crippen LogP contribution in [0.2, 0.25) is 0 Å². The van der Waals surface area contributed by atoms with E-state index in [1.165, 1.54) is 0 Å². The molecule has 1 aromatic carbocycles. The molecule has 0 fully saturated rings. The summed E-state index contributed by atoms with van der Waals surface area (Å²) < 4.78 is 0. The molecular weight excluding hydrogens is 174 g/mol. The van der Waals surface area contributed by atoms with E-state index in [-0.39, 0.29) is 5.96 Å². The van der Waals surface area contributed by atoms with E-state index in [0.29, 0.717) is 5.88 Å². The van der Waals surface area contributed by atoms with Crippen LogP contribution in [0.4, 0.5) is 5.69 Å². The predicted octanol–water partition coefficient (Wildman–Crippen LogP) is 1.33. The highest BCUT2D eigenvalue weighted by molar-refractivity contribution is 6.17. The number of alkyl halides is 1. The lowest BCUT2D eigenvalue weighted by atomic mass is 10.2. The number of rotatable bonds is 2. The van der Waals surface area contributed by atoms with Crippen molar-refractivity contribution in [2.75, 3.05) is 0 Å². The van der Waals surface area contributed by atoms with Crippen LogP contribution in [0.3, 0.4) is 0 Å². The van der Waals surface area contributed by atoms with Crippen LogP contribution in [-0.2, 0) is 5.88 Å². The molecule has 0 saturated carbocycles. The topological polar surface area (TPSA) is 64.4 Å². The van der Waals surface area contributed by atoms with Gasteiger partial charge in [-0.05, 0) is 17.7 Å². The third kappa shape index (κ3) is 2.43. The summed E-state index contributed by atoms with van der Waals surface area (Å²) in [4.78, 5) is 3.86. The zero-order valence-electron chi connectivity index (χ0n) is 6.50. The van der Waals surface area contributed by atoms with Gasteiger partial charge in [-0.3, -0.25) is 0 Å². The van der Waals surface area contributed by atoms with Crippen molar-refractivity contribution in [2.24, 2.45) is 16.5 Å². The van der Waals surface area contributed by atoms with Crippen LogP contribution in [0.25, 0.3) is 0 Å². The first-order valence-corrected chi connectivity index (χ1v) is 4.00. The average Bonchev–Trinajstić information content (AvgIpc) is 2.05. The summed E-state index contributed by atoms with van der Waals surface area (Å²) in [5.41, 5.74) is 12.2. The Morgan fingerprint density at radius 1 is 1.25 bits per heavy atom. The molecule has 0 radical (unpaired) electrons. The van der Waals surface area contributed by atoms with Crippen LogP contribution < -0.4 is 11.5 Å². The van der Waals surface area contributed by atoms with E-state index >= 15 is 0 Å². The van der Waals surface area contributed by atoms with Gasteiger partial charge in [-0.15, -0.1) is 11.6 Å². The van der Waals surface area contributed by atoms with E-state index in [4.69, 9.17) is 23.1 Å². The Morgan fingerprint density at radius 3 is 2.25 bits per heavy atom. The lowest BCUT2D eigenvalue weighted by molar-refractivity contribution is 1.37. The molecule has 0 atom stereocenters. The molecule has 0 heterocycles. The Labute approximate surface area is 76.0 Å². The van der Waals surface area contributed by atoms with Crippen LogP contribution >= 0.6 is 11.6 Å². The van der Waals surface area contributed by atoms with Crippen molar-refractivity contribution in [3.05, 3.63) is 29.8 Å². The highest BCUT2D eigenvalue weighted by atomic mass is 35.5. The largest absolute Gasteiger partial charge is 0.370 e. The smallest absolute Gasteiger partial charge is 0.191 e. The second-order valence-electron chi connectivity index (χ2n) is 2.34. The molecule has 0 spiro atoms. The zero-order valence-corrected chi connectivity index (χ0v) is 7.25. The molecule has 0 aliphatic carbocycles. The van der Waals surface area contributed by atoms with Gasteiger partial charge in [0.2, 0.25) is 0 Å². The maximum atomic E-state index is 5.60. The first-order valence-electron chi connectivity index (χ1n) is 3.47. The van der Waals surface area contributed by atoms with Gasteiger partial charge in [-0.1, -0.05) is 12.1 Å². The zero-order chi connectivity index (χ0) is 8.97. The lowest BCUT2D eigenvalue weighted by Gasteiger charge is -1.96. The first kappa shape index (κ1) is 8.87. The maximum Gasteiger partial charge on any atom is 0.191 e. The van der Waals surface area contributed by atoms with Gasteiger partial charge in [0.1, 0.15) is 0 Å². The van der Waals surface area contributed by atoms with Crippen molar-refractivity contribution in [2.45, 2.75) is 5.88 Å². The minimum absolute atomic E-state index is 0.0635. The molecule has 0 bridgehead atoms. The molecular formula is C8H10ClN3. The van der Waals surface area contributed by atoms with Crippen molar-refractivity contribution in [3.8, 4) is 0 Å². The van der Waals surface area contributed by atoms with E-state index in [1.807, 2.05) is 24.3 Å². The molecule has 1 rings (SSSR count). The molecule has 0 amide bonds. The van der Waals surface area contributed by atoms with Crippen molar-refractivity contribution >= 4 is 23.2 Å². The predicted molar refractivity (Wildman–Crippen MR) is 51.5 cm³/mol. The summed E-state index contributed by atoms with van der Waals surface area (Å²) in [6.07, 6.45) is 0. The number of nitrogens with zero attached hydrogens (tertiary/aromatic N) is 1. The Hall–Kier alpha value is -1.22. The molecule has 3 nitrogen and oxygen atoms in total. The normalized spacial score (nSPS) is 9.42. The van der Waals surface area contributed by atoms with Crippen molar-refractivity contribution in [1.29, 1.82) is 0 Å². The Morgan fingerprint density at radius 2 is 1.83 bits per heavy atom. The Balaban J connectivity index is 2.85. The van der Waals surface area contributed by atoms with Crippen LogP contribution in [-0.4, -0.2) is 5.96 Å². The summed E-state index contributed by atoms with van der Waals surface area (Å²) in [6, 6.07) is 7.40. The number of guanidine groups is 1. The van der Waals surface area contributed by atoms with Gasteiger partial charge in [-0.2, -0.15) is 0 Å². The standard InChI is InChI=1S/C8H10ClN3/c9-5-6-1-3-7(4-2-6)12-8(10)11/h1-4H,5H2,(H4,10,11,12). The fourth-order valence-electron chi connectivity index (χ4n) is 0.809. The van der Waals surface area contributed by atoms with Gasteiger partial charge >= 0.3 is 0 Å². The maximum absolute atomic E-state index is 5.60. The molecule has 0 aliphatic rings. The van der Waals surface area contributed by atoms with E-state index in [1.54, 1.807) is 0 Å². The van der Waals surface area contributed by atoms with Crippen LogP contribution in [0.5, 0.6) is 0 Å². The highest BCUT2D eigenvalue weighted by Gasteiger charge is 1.91. The second kappa shape index (κ2) is 3.97. The molecule has 64 valence electrons. The summed E-state index contributed by atoms with van der Waals surface area (Å²) in [7, 11) is 0. The van der Waals surface area contributed by atoms with E-state index in [9.17, 15) is 0 Å². The van der Waals surface area contributed by atoms with Crippen LogP contribution in [0, 0.1) is 0 Å². The SMILES string of the molecule is NC(N)=Nc1ccc(CCl)cc1. The van der Waals surface area contributed by atoms with Gasteiger partial charge in [-0.25, -0.2) is 4.99 Å². The van der Waals surface area contributed by atoms with Crippen LogP contribution in [0.1, 0.15) is 5.56 Å². The fraction of sp³-hybridized carbons (Fsp3) is 0.125. The summed E-state index contributed by atoms with van der Waals surface area (Å²) in [5, 5.41) is 0. The summed E-state index contributed by atoms with van der Waals surface area (Å²) in [5.74, 6) is 0.566. The monoisotopic (exact) mass is 183 g/mol. The van der Waals surface area contributed by atoms with Gasteiger partial charge in [0.25, 0.3) is 0 Å². The third-order valence-electron chi connectivity index (χ3n) is 1.35. The van der Waals surface area contributed by atoms with E-state index in [0.717, 1.165) is 11.3 Å². The number of hydrogen-bond acceptors (Lipinski definition) is 1. The Kier molecular flexibility index (Phi) is 2.94. The third-order valence-corrected chi connectivity index (χ3v) is 1.66. The molecule has 4 N–H and O–H groups in total. The molecule has 0 unspecified atom stereocenters. The fourth-order valence-corrected chi connectivity index (χ4v) is 0.987. The quantitative estimate of drug-likeness (QED) is 0.413. The molecule has 0 aromatic heterocycles. The van der Waals surface area contributed by atoms with Crippen molar-refractivity contribution in [3.63, 3.8) is 0 Å². The molecule has 4 heteroatoms. The average molecular weight is 184 g/mol. The second-order valence-corrected chi connectivity index (χ2v) is 2.60. The van der Waals surface area contributed by atoms with Crippen molar-refractivity contribution < 1.29 is 0 Å². The number of aliphatic imine (C=N–C) groups is 1. The molecule has 1 aromatic rings. The van der Waals surface area contributed by atoms with Gasteiger partial charge in [0.15, 0.2) is 5.96 Å². The highest BCUT2D eigenvalue weighted by Crippen LogP contribution is 2.13. The number of nitrogens with two attached hydrogens (primary N) is 2. The summed E-state index contributed by atoms with van der Waals surface area (Å²) in [6.45, 7) is 0. The minimum atomic E-state index is 0.0635. The number of hydrogen-bond donors (Lipinski definition) is 2. The molecule has 0 saturated heterocycles. The number of benzene rings is 1. The van der Waals surface area contributed by atoms with Crippen LogP contribution in [0.15, 0.2) is 29.3 Å². The van der Waals surface area contributed by atoms with Gasteiger partial charge in [0, 0.05) is 5.88 Å². The van der Waals surface area contributed by atoms with E-state index < -0.39 is 0 Å². The summed E-state index contributed by atoms with van der Waals surface area (Å²) >= 11 is 5.60. The van der Waals surface area contributed by atoms with Crippen molar-refractivity contribution in [1.82, 2.24) is 0 Å². The number of halogens is 1. The molecule has 0 aliphatic heterocycles. The lowest BCUT2D eigenvalue weighted by Crippen LogP contribution is -2.21. The molecule has 12 heavy (non-hydrogen) atoms. The van der Waals surface area contributed by atoms with Gasteiger partial charge < -0.3 is 11.5 Å². The minimum Gasteiger partial charge on any atom is -0.370 e.